The predicted octanol–water partition coefficient (Wildman–Crippen LogP) is 5.60. The topological polar surface area (TPSA) is 105 Å². The number of hydrogen-bond acceptors (Lipinski definition) is 6. The van der Waals surface area contributed by atoms with Gasteiger partial charge in [-0.1, -0.05) is 35.7 Å². The summed E-state index contributed by atoms with van der Waals surface area (Å²) in [6, 6.07) is 4.77. The Bertz CT molecular complexity index is 962. The fourth-order valence-corrected chi connectivity index (χ4v) is 4.51. The second-order valence-corrected chi connectivity index (χ2v) is 9.50. The minimum Gasteiger partial charge on any atom is -0.386 e. The average Bonchev–Trinajstić information content (AvgIpc) is 3.51. The SMILES string of the molecule is C=NC.C=O.CSN.Cc1ccc(C(C)(C)O)cc1F.O=CNc1c2c(c(Cl)c3c1CCC3)CCC2. The van der Waals surface area contributed by atoms with E-state index in [1.165, 1.54) is 40.3 Å². The lowest BCUT2D eigenvalue weighted by molar-refractivity contribution is -0.105. The minimum atomic E-state index is -0.964. The van der Waals surface area contributed by atoms with Crippen molar-refractivity contribution >= 4 is 49.2 Å². The first-order valence-corrected chi connectivity index (χ1v) is 13.1. The number of amides is 1. The maximum Gasteiger partial charge on any atom is 0.211 e. The summed E-state index contributed by atoms with van der Waals surface area (Å²) in [5.41, 5.74) is 6.45. The molecule has 0 atom stereocenters. The minimum absolute atomic E-state index is 0.269. The highest BCUT2D eigenvalue weighted by molar-refractivity contribution is 7.96. The summed E-state index contributed by atoms with van der Waals surface area (Å²) in [6.45, 7) is 10.1. The number of carbonyl (C=O) groups is 2. The summed E-state index contributed by atoms with van der Waals surface area (Å²) in [4.78, 5) is 22.0. The Morgan fingerprint density at radius 2 is 1.56 bits per heavy atom. The Hall–Kier alpha value is -2.26. The van der Waals surface area contributed by atoms with Crippen LogP contribution in [0.5, 0.6) is 0 Å². The fraction of sp³-hybridized carbons (Fsp3) is 0.444. The van der Waals surface area contributed by atoms with Gasteiger partial charge in [0, 0.05) is 17.8 Å². The second kappa shape index (κ2) is 17.2. The maximum absolute atomic E-state index is 13.0. The zero-order valence-electron chi connectivity index (χ0n) is 21.9. The van der Waals surface area contributed by atoms with Crippen molar-refractivity contribution in [1.82, 2.24) is 0 Å². The van der Waals surface area contributed by atoms with Crippen LogP contribution >= 0.6 is 23.5 Å². The fourth-order valence-electron chi connectivity index (χ4n) is 4.09. The van der Waals surface area contributed by atoms with Crippen molar-refractivity contribution in [3.8, 4) is 0 Å². The molecule has 6 nitrogen and oxygen atoms in total. The van der Waals surface area contributed by atoms with Crippen LogP contribution in [0.4, 0.5) is 10.1 Å². The number of fused-ring (bicyclic) bond motifs is 2. The third kappa shape index (κ3) is 9.65. The van der Waals surface area contributed by atoms with Crippen molar-refractivity contribution < 1.29 is 19.1 Å². The summed E-state index contributed by atoms with van der Waals surface area (Å²) in [7, 11) is 1.64. The van der Waals surface area contributed by atoms with Crippen molar-refractivity contribution in [2.45, 2.75) is 64.9 Å². The summed E-state index contributed by atoms with van der Waals surface area (Å²) >= 11 is 7.71. The molecule has 2 aliphatic rings. The molecule has 0 aliphatic heterocycles. The highest BCUT2D eigenvalue weighted by Gasteiger charge is 2.27. The Balaban J connectivity index is 0.000000543. The summed E-state index contributed by atoms with van der Waals surface area (Å²) < 4.78 is 13.0. The zero-order valence-corrected chi connectivity index (χ0v) is 23.5. The molecule has 0 aromatic heterocycles. The van der Waals surface area contributed by atoms with Crippen molar-refractivity contribution in [2.24, 2.45) is 10.1 Å². The molecule has 2 aromatic carbocycles. The van der Waals surface area contributed by atoms with Gasteiger partial charge in [-0.2, -0.15) is 0 Å². The highest BCUT2D eigenvalue weighted by atomic mass is 35.5. The first-order valence-electron chi connectivity index (χ1n) is 11.5. The lowest BCUT2D eigenvalue weighted by atomic mass is 9.97. The first kappa shape index (κ1) is 33.7. The maximum atomic E-state index is 13.0. The summed E-state index contributed by atoms with van der Waals surface area (Å²) in [5, 5.41) is 18.2. The molecule has 200 valence electrons. The van der Waals surface area contributed by atoms with Crippen LogP contribution in [0.2, 0.25) is 5.02 Å². The van der Waals surface area contributed by atoms with E-state index < -0.39 is 5.60 Å². The molecule has 1 amide bonds. The number of rotatable bonds is 3. The first-order chi connectivity index (χ1) is 17.1. The van der Waals surface area contributed by atoms with Gasteiger partial charge < -0.3 is 20.2 Å². The van der Waals surface area contributed by atoms with Crippen molar-refractivity contribution in [2.75, 3.05) is 18.6 Å². The number of halogens is 2. The molecular formula is C27H39ClFN3O3S. The Labute approximate surface area is 224 Å². The number of aliphatic imine (C=N–C) groups is 1. The van der Waals surface area contributed by atoms with Crippen molar-refractivity contribution in [3.63, 3.8) is 0 Å². The number of nitrogens with two attached hydrogens (primary N) is 1. The number of aliphatic hydroxyl groups is 1. The molecule has 4 N–H and O–H groups in total. The Kier molecular flexibility index (Phi) is 16.2. The molecule has 36 heavy (non-hydrogen) atoms. The van der Waals surface area contributed by atoms with E-state index in [1.807, 2.05) is 13.0 Å². The van der Waals surface area contributed by atoms with E-state index in [2.05, 4.69) is 17.0 Å². The second-order valence-electron chi connectivity index (χ2n) is 8.65. The molecule has 0 saturated heterocycles. The molecule has 0 heterocycles. The monoisotopic (exact) mass is 539 g/mol. The molecule has 9 heteroatoms. The van der Waals surface area contributed by atoms with Gasteiger partial charge in [0.1, 0.15) is 12.6 Å². The Morgan fingerprint density at radius 3 is 1.92 bits per heavy atom. The van der Waals surface area contributed by atoms with Gasteiger partial charge in [-0.3, -0.25) is 9.93 Å². The highest BCUT2D eigenvalue weighted by Crippen LogP contribution is 2.43. The van der Waals surface area contributed by atoms with Gasteiger partial charge in [0.25, 0.3) is 0 Å². The van der Waals surface area contributed by atoms with Gasteiger partial charge in [0.2, 0.25) is 6.41 Å². The lowest BCUT2D eigenvalue weighted by Gasteiger charge is -2.17. The van der Waals surface area contributed by atoms with E-state index in [0.717, 1.165) is 55.6 Å². The summed E-state index contributed by atoms with van der Waals surface area (Å²) in [6.07, 6.45) is 9.17. The van der Waals surface area contributed by atoms with E-state index in [9.17, 15) is 14.3 Å². The molecule has 2 aromatic rings. The molecule has 0 bridgehead atoms. The number of anilines is 1. The third-order valence-electron chi connectivity index (χ3n) is 5.65. The standard InChI is InChI=1S/C13H14ClNO.C10H13FO.C2H5N.CH5NS.CH2O/c14-12-8-3-1-5-10(8)13(15-7-16)11-6-2-4-9(11)12;1-7-4-5-8(6-9(7)11)10(2,3)12;2*1-3-2;1-2/h7H,1-6H2,(H,15,16);4-6,12H,1-3H3;1H2,2H3;2H2,1H3;1H2. The smallest absolute Gasteiger partial charge is 0.211 e. The van der Waals surface area contributed by atoms with Crippen LogP contribution in [0.1, 0.15) is 60.1 Å². The average molecular weight is 540 g/mol. The van der Waals surface area contributed by atoms with Gasteiger partial charge in [0.05, 0.1) is 5.60 Å². The number of carbonyl (C=O) groups excluding carboxylic acids is 2. The molecule has 4 rings (SSSR count). The molecule has 0 spiro atoms. The number of nitrogens with one attached hydrogen (secondary N) is 1. The van der Waals surface area contributed by atoms with Gasteiger partial charge >= 0.3 is 0 Å². The normalized spacial score (nSPS) is 12.5. The summed E-state index contributed by atoms with van der Waals surface area (Å²) in [5.74, 6) is -0.269. The molecule has 0 saturated carbocycles. The molecule has 0 radical (unpaired) electrons. The molecular weight excluding hydrogens is 501 g/mol. The predicted molar refractivity (Wildman–Crippen MR) is 152 cm³/mol. The number of hydrogen-bond donors (Lipinski definition) is 3. The van der Waals surface area contributed by atoms with Gasteiger partial charge in [-0.15, -0.1) is 0 Å². The molecule has 0 unspecified atom stereocenters. The van der Waals surface area contributed by atoms with E-state index in [-0.39, 0.29) is 5.82 Å². The van der Waals surface area contributed by atoms with E-state index in [4.69, 9.17) is 21.5 Å². The van der Waals surface area contributed by atoms with E-state index in [0.29, 0.717) is 11.1 Å². The van der Waals surface area contributed by atoms with Crippen molar-refractivity contribution in [3.05, 3.63) is 62.4 Å². The van der Waals surface area contributed by atoms with Crippen molar-refractivity contribution in [1.29, 1.82) is 0 Å². The van der Waals surface area contributed by atoms with Gasteiger partial charge in [-0.25, -0.2) is 4.39 Å². The lowest BCUT2D eigenvalue weighted by Crippen LogP contribution is -2.15. The van der Waals surface area contributed by atoms with Crippen LogP contribution in [0.25, 0.3) is 0 Å². The number of benzene rings is 2. The molecule has 2 aliphatic carbocycles. The zero-order chi connectivity index (χ0) is 27.9. The van der Waals surface area contributed by atoms with Crippen LogP contribution in [-0.2, 0) is 40.9 Å². The van der Waals surface area contributed by atoms with Gasteiger partial charge in [-0.05, 0) is 112 Å². The largest absolute Gasteiger partial charge is 0.386 e. The van der Waals surface area contributed by atoms with Gasteiger partial charge in [0.15, 0.2) is 0 Å². The third-order valence-corrected chi connectivity index (χ3v) is 6.11. The van der Waals surface area contributed by atoms with Crippen LogP contribution in [-0.4, -0.2) is 38.3 Å². The van der Waals surface area contributed by atoms with Crippen LogP contribution in [0.15, 0.2) is 23.2 Å². The quantitative estimate of drug-likeness (QED) is 0.267. The molecule has 0 fully saturated rings. The number of aryl methyl sites for hydroxylation is 1. The Morgan fingerprint density at radius 1 is 1.14 bits per heavy atom. The van der Waals surface area contributed by atoms with Crippen LogP contribution in [0.3, 0.4) is 0 Å². The van der Waals surface area contributed by atoms with Crippen LogP contribution in [0, 0.1) is 12.7 Å². The number of nitrogens with zero attached hydrogens (tertiary/aromatic N) is 1. The van der Waals surface area contributed by atoms with E-state index in [1.54, 1.807) is 40.0 Å². The van der Waals surface area contributed by atoms with E-state index >= 15 is 0 Å². The van der Waals surface area contributed by atoms with Crippen LogP contribution < -0.4 is 10.5 Å².